The van der Waals surface area contributed by atoms with Crippen molar-refractivity contribution in [3.05, 3.63) is 57.4 Å². The van der Waals surface area contributed by atoms with E-state index in [4.69, 9.17) is 9.47 Å². The van der Waals surface area contributed by atoms with Crippen molar-refractivity contribution in [2.75, 3.05) is 46.5 Å². The van der Waals surface area contributed by atoms with E-state index in [2.05, 4.69) is 20.9 Å². The highest BCUT2D eigenvalue weighted by molar-refractivity contribution is 5.27. The van der Waals surface area contributed by atoms with Crippen LogP contribution in [-0.4, -0.2) is 65.9 Å². The van der Waals surface area contributed by atoms with Gasteiger partial charge in [-0.15, -0.1) is 0 Å². The molecule has 3 aliphatic heterocycles. The number of ether oxygens (including phenoxy) is 2. The first kappa shape index (κ1) is 20.6. The third-order valence-electron chi connectivity index (χ3n) is 6.74. The summed E-state index contributed by atoms with van der Waals surface area (Å²) >= 11 is 0. The molecule has 2 bridgehead atoms. The predicted molar refractivity (Wildman–Crippen MR) is 114 cm³/mol. The quantitative estimate of drug-likeness (QED) is 0.725. The van der Waals surface area contributed by atoms with Gasteiger partial charge in [0.2, 0.25) is 5.88 Å². The van der Waals surface area contributed by atoms with Crippen molar-refractivity contribution in [3.8, 4) is 5.88 Å². The minimum absolute atomic E-state index is 0.156. The number of hydrogen-bond donors (Lipinski definition) is 0. The summed E-state index contributed by atoms with van der Waals surface area (Å²) in [4.78, 5) is 21.9. The lowest BCUT2D eigenvalue weighted by molar-refractivity contribution is 0.0338. The molecule has 3 aliphatic rings. The van der Waals surface area contributed by atoms with Gasteiger partial charge in [0, 0.05) is 68.6 Å². The van der Waals surface area contributed by atoms with Gasteiger partial charge in [-0.2, -0.15) is 0 Å². The molecule has 166 valence electrons. The van der Waals surface area contributed by atoms with Gasteiger partial charge in [-0.05, 0) is 24.5 Å². The fourth-order valence-electron chi connectivity index (χ4n) is 5.35. The number of likely N-dealkylation sites (tertiary alicyclic amines) is 1. The van der Waals surface area contributed by atoms with E-state index in [1.165, 1.54) is 12.3 Å². The van der Waals surface area contributed by atoms with E-state index in [0.717, 1.165) is 69.2 Å². The molecule has 31 heavy (non-hydrogen) atoms. The van der Waals surface area contributed by atoms with E-state index >= 15 is 0 Å². The highest BCUT2D eigenvalue weighted by Crippen LogP contribution is 2.36. The second-order valence-electron chi connectivity index (χ2n) is 8.90. The van der Waals surface area contributed by atoms with Gasteiger partial charge >= 0.3 is 0 Å². The van der Waals surface area contributed by atoms with Crippen LogP contribution in [0.4, 0.5) is 4.39 Å². The molecule has 2 aromatic heterocycles. The normalized spacial score (nSPS) is 24.1. The van der Waals surface area contributed by atoms with Crippen LogP contribution in [-0.2, 0) is 24.4 Å². The first-order valence-electron chi connectivity index (χ1n) is 11.0. The monoisotopic (exact) mass is 428 g/mol. The average molecular weight is 429 g/mol. The number of hydrogen-bond acceptors (Lipinski definition) is 6. The van der Waals surface area contributed by atoms with Crippen molar-refractivity contribution < 1.29 is 13.9 Å². The van der Waals surface area contributed by atoms with Crippen LogP contribution in [0.25, 0.3) is 0 Å². The number of pyridine rings is 2. The van der Waals surface area contributed by atoms with Gasteiger partial charge < -0.3 is 14.0 Å². The Morgan fingerprint density at radius 3 is 2.74 bits per heavy atom. The Morgan fingerprint density at radius 1 is 1.13 bits per heavy atom. The zero-order valence-corrected chi connectivity index (χ0v) is 17.9. The number of methoxy groups -OCH3 is 1. The van der Waals surface area contributed by atoms with Crippen molar-refractivity contribution in [2.45, 2.75) is 32.0 Å². The van der Waals surface area contributed by atoms with Gasteiger partial charge in [0.1, 0.15) is 5.82 Å². The van der Waals surface area contributed by atoms with E-state index in [9.17, 15) is 9.18 Å². The van der Waals surface area contributed by atoms with Crippen molar-refractivity contribution in [1.82, 2.24) is 19.4 Å². The zero-order valence-electron chi connectivity index (χ0n) is 17.9. The average Bonchev–Trinajstić information content (AvgIpc) is 2.77. The summed E-state index contributed by atoms with van der Waals surface area (Å²) in [7, 11) is 1.56. The van der Waals surface area contributed by atoms with E-state index in [1.807, 2.05) is 10.6 Å². The molecule has 5 heterocycles. The Morgan fingerprint density at radius 2 is 1.94 bits per heavy atom. The molecule has 2 fully saturated rings. The molecule has 0 aliphatic carbocycles. The molecule has 0 radical (unpaired) electrons. The zero-order chi connectivity index (χ0) is 21.4. The molecule has 0 aromatic carbocycles. The number of morpholine rings is 1. The first-order valence-corrected chi connectivity index (χ1v) is 11.0. The van der Waals surface area contributed by atoms with E-state index in [0.29, 0.717) is 30.8 Å². The van der Waals surface area contributed by atoms with Crippen LogP contribution in [0.5, 0.6) is 5.88 Å². The topological polar surface area (TPSA) is 59.8 Å². The Hall–Kier alpha value is -2.29. The Labute approximate surface area is 181 Å². The molecule has 2 atom stereocenters. The summed E-state index contributed by atoms with van der Waals surface area (Å²) in [6.45, 7) is 6.98. The van der Waals surface area contributed by atoms with E-state index in [1.54, 1.807) is 7.11 Å². The number of aromatic nitrogens is 2. The van der Waals surface area contributed by atoms with Crippen LogP contribution >= 0.6 is 0 Å². The van der Waals surface area contributed by atoms with Crippen LogP contribution in [0.1, 0.15) is 29.2 Å². The van der Waals surface area contributed by atoms with Crippen molar-refractivity contribution >= 4 is 0 Å². The molecular formula is C23H29FN4O3. The third kappa shape index (κ3) is 4.24. The second-order valence-corrected chi connectivity index (χ2v) is 8.90. The summed E-state index contributed by atoms with van der Waals surface area (Å²) in [5.41, 5.74) is 2.92. The summed E-state index contributed by atoms with van der Waals surface area (Å²) in [6.07, 6.45) is 2.28. The van der Waals surface area contributed by atoms with Crippen molar-refractivity contribution in [3.63, 3.8) is 0 Å². The lowest BCUT2D eigenvalue weighted by atomic mass is 9.83. The highest BCUT2D eigenvalue weighted by atomic mass is 19.1. The minimum Gasteiger partial charge on any atom is -0.481 e. The molecule has 7 nitrogen and oxygen atoms in total. The number of nitrogens with zero attached hydrogens (tertiary/aromatic N) is 4. The Kier molecular flexibility index (Phi) is 5.77. The van der Waals surface area contributed by atoms with Gasteiger partial charge in [-0.3, -0.25) is 14.6 Å². The smallest absolute Gasteiger partial charge is 0.255 e. The van der Waals surface area contributed by atoms with Gasteiger partial charge in [-0.25, -0.2) is 9.37 Å². The number of rotatable bonds is 5. The Balaban J connectivity index is 1.34. The van der Waals surface area contributed by atoms with Gasteiger partial charge in [0.25, 0.3) is 5.56 Å². The standard InChI is InChI=1S/C23H29FN4O3/c1-30-22-19(9-20(24)10-25-22)15-27-11-16-8-18(14-27)21-3-2-17(23(29)28(21)12-16)13-26-4-6-31-7-5-26/h2-3,9-10,16,18H,4-8,11-15H2,1H3/t16-,18+/m0/s1. The molecule has 0 saturated carbocycles. The fraction of sp³-hybridized carbons (Fsp3) is 0.565. The van der Waals surface area contributed by atoms with Gasteiger partial charge in [-0.1, -0.05) is 6.07 Å². The van der Waals surface area contributed by atoms with Crippen LogP contribution in [0.2, 0.25) is 0 Å². The molecule has 2 saturated heterocycles. The first-order chi connectivity index (χ1) is 15.1. The highest BCUT2D eigenvalue weighted by Gasteiger charge is 2.35. The molecule has 8 heteroatoms. The number of piperidine rings is 1. The third-order valence-corrected chi connectivity index (χ3v) is 6.74. The minimum atomic E-state index is -0.349. The van der Waals surface area contributed by atoms with Crippen LogP contribution in [0.15, 0.2) is 29.2 Å². The van der Waals surface area contributed by atoms with Gasteiger partial charge in [0.15, 0.2) is 0 Å². The second kappa shape index (κ2) is 8.68. The molecule has 5 rings (SSSR count). The number of fused-ring (bicyclic) bond motifs is 4. The van der Waals surface area contributed by atoms with Gasteiger partial charge in [0.05, 0.1) is 26.5 Å². The number of halogens is 1. The fourth-order valence-corrected chi connectivity index (χ4v) is 5.35. The maximum absolute atomic E-state index is 13.7. The predicted octanol–water partition coefficient (Wildman–Crippen LogP) is 1.84. The lowest BCUT2D eigenvalue weighted by Gasteiger charge is -2.43. The lowest BCUT2D eigenvalue weighted by Crippen LogP contribution is -2.47. The summed E-state index contributed by atoms with van der Waals surface area (Å²) in [5.74, 6) is 0.847. The van der Waals surface area contributed by atoms with Crippen LogP contribution in [0, 0.1) is 11.7 Å². The van der Waals surface area contributed by atoms with Crippen LogP contribution in [0.3, 0.4) is 0 Å². The summed E-state index contributed by atoms with van der Waals surface area (Å²) < 4.78 is 26.5. The molecule has 0 unspecified atom stereocenters. The largest absolute Gasteiger partial charge is 0.481 e. The maximum Gasteiger partial charge on any atom is 0.255 e. The SMILES string of the molecule is COc1ncc(F)cc1CN1C[C@@H]2C[C@H](C1)c1ccc(CN3CCOCC3)c(=O)n1C2. The van der Waals surface area contributed by atoms with Crippen molar-refractivity contribution in [1.29, 1.82) is 0 Å². The molecule has 0 amide bonds. The van der Waals surface area contributed by atoms with E-state index < -0.39 is 0 Å². The van der Waals surface area contributed by atoms with Crippen molar-refractivity contribution in [2.24, 2.45) is 5.92 Å². The molecule has 0 N–H and O–H groups in total. The molecular weight excluding hydrogens is 399 g/mol. The maximum atomic E-state index is 13.7. The Bertz CT molecular complexity index is 1000. The van der Waals surface area contributed by atoms with E-state index in [-0.39, 0.29) is 11.4 Å². The summed E-state index contributed by atoms with van der Waals surface area (Å²) in [6, 6.07) is 5.67. The summed E-state index contributed by atoms with van der Waals surface area (Å²) in [5, 5.41) is 0. The molecule has 0 spiro atoms. The molecule has 2 aromatic rings. The van der Waals surface area contributed by atoms with Crippen LogP contribution < -0.4 is 10.3 Å².